The van der Waals surface area contributed by atoms with Gasteiger partial charge >= 0.3 is 6.03 Å². The van der Waals surface area contributed by atoms with Gasteiger partial charge in [0.15, 0.2) is 0 Å². The van der Waals surface area contributed by atoms with Gasteiger partial charge in [0.1, 0.15) is 18.2 Å². The van der Waals surface area contributed by atoms with Crippen molar-refractivity contribution in [2.45, 2.75) is 32.2 Å². The highest BCUT2D eigenvalue weighted by Gasteiger charge is 2.49. The molecule has 1 atom stereocenters. The number of hydrogen-bond donors (Lipinski definition) is 2. The molecule has 0 unspecified atom stereocenters. The summed E-state index contributed by atoms with van der Waals surface area (Å²) in [6, 6.07) is 15.4. The van der Waals surface area contributed by atoms with Gasteiger partial charge in [0.2, 0.25) is 5.91 Å². The quantitative estimate of drug-likeness (QED) is 0.766. The van der Waals surface area contributed by atoms with Crippen LogP contribution in [0.3, 0.4) is 0 Å². The molecule has 4 amide bonds. The van der Waals surface area contributed by atoms with Gasteiger partial charge in [-0.2, -0.15) is 5.26 Å². The number of nitrogens with zero attached hydrogens (tertiary/aromatic N) is 2. The predicted molar refractivity (Wildman–Crippen MR) is 108 cm³/mol. The molecule has 2 N–H and O–H groups in total. The highest BCUT2D eigenvalue weighted by Crippen LogP contribution is 2.30. The van der Waals surface area contributed by atoms with Gasteiger partial charge < -0.3 is 10.6 Å². The molecule has 29 heavy (non-hydrogen) atoms. The van der Waals surface area contributed by atoms with E-state index in [-0.39, 0.29) is 0 Å². The summed E-state index contributed by atoms with van der Waals surface area (Å²) in [4.78, 5) is 38.7. The Bertz CT molecular complexity index is 1010. The SMILES string of the molecule is CC(C)c1ccc([C@]2(C)NC(=O)N(CC(=O)Nc3ccccc3C#N)C2=O)cc1. The van der Waals surface area contributed by atoms with Crippen LogP contribution in [-0.2, 0) is 15.1 Å². The summed E-state index contributed by atoms with van der Waals surface area (Å²) in [7, 11) is 0. The number of imide groups is 1. The van der Waals surface area contributed by atoms with E-state index in [4.69, 9.17) is 5.26 Å². The van der Waals surface area contributed by atoms with Crippen molar-refractivity contribution in [1.29, 1.82) is 5.26 Å². The van der Waals surface area contributed by atoms with E-state index >= 15 is 0 Å². The van der Waals surface area contributed by atoms with Crippen LogP contribution in [0.2, 0.25) is 0 Å². The molecule has 2 aromatic carbocycles. The third-order valence-corrected chi connectivity index (χ3v) is 5.05. The zero-order valence-electron chi connectivity index (χ0n) is 16.5. The van der Waals surface area contributed by atoms with Crippen molar-refractivity contribution in [1.82, 2.24) is 10.2 Å². The van der Waals surface area contributed by atoms with Gasteiger partial charge in [-0.25, -0.2) is 4.79 Å². The molecule has 1 aliphatic rings. The van der Waals surface area contributed by atoms with Gasteiger partial charge in [0, 0.05) is 0 Å². The van der Waals surface area contributed by atoms with E-state index in [1.807, 2.05) is 30.3 Å². The van der Waals surface area contributed by atoms with Crippen molar-refractivity contribution in [2.24, 2.45) is 0 Å². The highest BCUT2D eigenvalue weighted by molar-refractivity contribution is 6.10. The minimum atomic E-state index is -1.24. The molecule has 0 radical (unpaired) electrons. The minimum Gasteiger partial charge on any atom is -0.323 e. The average molecular weight is 390 g/mol. The molecule has 0 aliphatic carbocycles. The van der Waals surface area contributed by atoms with Gasteiger partial charge in [0.05, 0.1) is 11.3 Å². The molecule has 0 spiro atoms. The monoisotopic (exact) mass is 390 g/mol. The molecule has 1 fully saturated rings. The van der Waals surface area contributed by atoms with Crippen LogP contribution in [0.15, 0.2) is 48.5 Å². The zero-order chi connectivity index (χ0) is 21.2. The molecule has 3 rings (SSSR count). The summed E-state index contributed by atoms with van der Waals surface area (Å²) in [5.74, 6) is -0.707. The Morgan fingerprint density at radius 2 is 1.83 bits per heavy atom. The largest absolute Gasteiger partial charge is 0.325 e. The lowest BCUT2D eigenvalue weighted by Crippen LogP contribution is -2.42. The fourth-order valence-corrected chi connectivity index (χ4v) is 3.26. The number of hydrogen-bond acceptors (Lipinski definition) is 4. The number of amides is 4. The molecule has 1 heterocycles. The smallest absolute Gasteiger partial charge is 0.323 e. The number of urea groups is 1. The molecule has 2 aromatic rings. The second kappa shape index (κ2) is 7.76. The number of anilines is 1. The highest BCUT2D eigenvalue weighted by atomic mass is 16.2. The summed E-state index contributed by atoms with van der Waals surface area (Å²) in [6.45, 7) is 5.33. The normalized spacial score (nSPS) is 18.5. The first kappa shape index (κ1) is 20.1. The first-order chi connectivity index (χ1) is 13.8. The fraction of sp³-hybridized carbons (Fsp3) is 0.273. The number of para-hydroxylation sites is 1. The second-order valence-electron chi connectivity index (χ2n) is 7.43. The lowest BCUT2D eigenvalue weighted by molar-refractivity contribution is -0.133. The number of rotatable bonds is 5. The minimum absolute atomic E-state index is 0.299. The zero-order valence-corrected chi connectivity index (χ0v) is 16.5. The Kier molecular flexibility index (Phi) is 5.37. The maximum Gasteiger partial charge on any atom is 0.325 e. The summed E-state index contributed by atoms with van der Waals surface area (Å²) in [5.41, 5.74) is 1.17. The summed E-state index contributed by atoms with van der Waals surface area (Å²) in [6.07, 6.45) is 0. The van der Waals surface area contributed by atoms with E-state index in [2.05, 4.69) is 24.5 Å². The van der Waals surface area contributed by atoms with Crippen LogP contribution < -0.4 is 10.6 Å². The molecule has 148 valence electrons. The van der Waals surface area contributed by atoms with Gasteiger partial charge in [-0.05, 0) is 36.1 Å². The van der Waals surface area contributed by atoms with Crippen molar-refractivity contribution in [3.05, 3.63) is 65.2 Å². The van der Waals surface area contributed by atoms with Gasteiger partial charge in [-0.3, -0.25) is 14.5 Å². The Morgan fingerprint density at radius 1 is 1.17 bits per heavy atom. The molecule has 0 saturated carbocycles. The third-order valence-electron chi connectivity index (χ3n) is 5.05. The lowest BCUT2D eigenvalue weighted by atomic mass is 9.90. The van der Waals surface area contributed by atoms with Crippen molar-refractivity contribution in [3.63, 3.8) is 0 Å². The molecule has 7 heteroatoms. The standard InChI is InChI=1S/C22H22N4O3/c1-14(2)15-8-10-17(11-9-15)22(3)20(28)26(21(29)25-22)13-19(27)24-18-7-5-4-6-16(18)12-23/h4-11,14H,13H2,1-3H3,(H,24,27)(H,25,29)/t22-/m0/s1. The van der Waals surface area contributed by atoms with E-state index in [0.717, 1.165) is 10.5 Å². The van der Waals surface area contributed by atoms with Crippen LogP contribution in [0.5, 0.6) is 0 Å². The van der Waals surface area contributed by atoms with Crippen molar-refractivity contribution in [3.8, 4) is 6.07 Å². The molecule has 7 nitrogen and oxygen atoms in total. The maximum atomic E-state index is 13.0. The van der Waals surface area contributed by atoms with Gasteiger partial charge in [-0.1, -0.05) is 50.2 Å². The number of nitrogens with one attached hydrogen (secondary N) is 2. The number of carbonyl (C=O) groups excluding carboxylic acids is 3. The Morgan fingerprint density at radius 3 is 2.45 bits per heavy atom. The van der Waals surface area contributed by atoms with Gasteiger partial charge in [0.25, 0.3) is 5.91 Å². The maximum absolute atomic E-state index is 13.0. The fourth-order valence-electron chi connectivity index (χ4n) is 3.26. The molecule has 0 aromatic heterocycles. The number of carbonyl (C=O) groups is 3. The van der Waals surface area contributed by atoms with E-state index in [1.54, 1.807) is 31.2 Å². The van der Waals surface area contributed by atoms with E-state index in [9.17, 15) is 14.4 Å². The first-order valence-electron chi connectivity index (χ1n) is 9.30. The Labute approximate surface area is 169 Å². The van der Waals surface area contributed by atoms with E-state index in [0.29, 0.717) is 22.7 Å². The Hall–Kier alpha value is -3.66. The third kappa shape index (κ3) is 3.83. The van der Waals surface area contributed by atoms with Crippen LogP contribution in [-0.4, -0.2) is 29.3 Å². The predicted octanol–water partition coefficient (Wildman–Crippen LogP) is 3.09. The molecule has 1 saturated heterocycles. The van der Waals surface area contributed by atoms with Crippen LogP contribution >= 0.6 is 0 Å². The Balaban J connectivity index is 1.76. The second-order valence-corrected chi connectivity index (χ2v) is 7.43. The summed E-state index contributed by atoms with van der Waals surface area (Å²) in [5, 5.41) is 14.4. The molecular weight excluding hydrogens is 368 g/mol. The van der Waals surface area contributed by atoms with Crippen LogP contribution in [0.1, 0.15) is 43.4 Å². The van der Waals surface area contributed by atoms with Crippen LogP contribution in [0.4, 0.5) is 10.5 Å². The number of nitriles is 1. The first-order valence-corrected chi connectivity index (χ1v) is 9.30. The topological polar surface area (TPSA) is 102 Å². The summed E-state index contributed by atoms with van der Waals surface area (Å²) < 4.78 is 0. The van der Waals surface area contributed by atoms with Crippen molar-refractivity contribution in [2.75, 3.05) is 11.9 Å². The van der Waals surface area contributed by atoms with E-state index in [1.165, 1.54) is 0 Å². The van der Waals surface area contributed by atoms with Crippen LogP contribution in [0.25, 0.3) is 0 Å². The number of benzene rings is 2. The van der Waals surface area contributed by atoms with Crippen molar-refractivity contribution >= 4 is 23.5 Å². The lowest BCUT2D eigenvalue weighted by Gasteiger charge is -2.22. The van der Waals surface area contributed by atoms with E-state index < -0.39 is 29.9 Å². The summed E-state index contributed by atoms with van der Waals surface area (Å²) >= 11 is 0. The average Bonchev–Trinajstić information content (AvgIpc) is 2.92. The molecule has 0 bridgehead atoms. The van der Waals surface area contributed by atoms with Crippen LogP contribution in [0, 0.1) is 11.3 Å². The molecular formula is C22H22N4O3. The molecule has 1 aliphatic heterocycles. The van der Waals surface area contributed by atoms with Crippen molar-refractivity contribution < 1.29 is 14.4 Å². The van der Waals surface area contributed by atoms with Gasteiger partial charge in [-0.15, -0.1) is 0 Å².